The second kappa shape index (κ2) is 7.88. The number of hydrogen-bond donors (Lipinski definition) is 1. The zero-order valence-electron chi connectivity index (χ0n) is 17.7. The first-order chi connectivity index (χ1) is 16.5. The third-order valence-corrected chi connectivity index (χ3v) is 6.86. The van der Waals surface area contributed by atoms with Crippen molar-refractivity contribution < 1.29 is 13.5 Å². The van der Waals surface area contributed by atoms with Gasteiger partial charge in [0.2, 0.25) is 11.9 Å². The lowest BCUT2D eigenvalue weighted by Gasteiger charge is -2.39. The Bertz CT molecular complexity index is 1480. The highest BCUT2D eigenvalue weighted by Gasteiger charge is 2.44. The molecule has 0 aliphatic carbocycles. The van der Waals surface area contributed by atoms with Crippen molar-refractivity contribution in [3.8, 4) is 33.9 Å². The molecule has 6 nitrogen and oxygen atoms in total. The van der Waals surface area contributed by atoms with Gasteiger partial charge in [-0.2, -0.15) is 8.78 Å². The van der Waals surface area contributed by atoms with Crippen LogP contribution in [0.3, 0.4) is 0 Å². The van der Waals surface area contributed by atoms with Crippen LogP contribution in [-0.2, 0) is 5.54 Å². The van der Waals surface area contributed by atoms with Crippen molar-refractivity contribution in [1.29, 1.82) is 0 Å². The third-order valence-electron chi connectivity index (χ3n) is 6.07. The van der Waals surface area contributed by atoms with Gasteiger partial charge in [-0.15, -0.1) is 0 Å². The first kappa shape index (κ1) is 20.7. The summed E-state index contributed by atoms with van der Waals surface area (Å²) in [7, 11) is 0. The van der Waals surface area contributed by atoms with Crippen molar-refractivity contribution in [1.82, 2.24) is 15.0 Å². The minimum atomic E-state index is -0.851. The molecule has 0 saturated heterocycles. The van der Waals surface area contributed by atoms with E-state index >= 15 is 0 Å². The fraction of sp³-hybridized carbons (Fsp3) is 0.120. The van der Waals surface area contributed by atoms with Gasteiger partial charge in [0.15, 0.2) is 10.9 Å². The van der Waals surface area contributed by atoms with Crippen molar-refractivity contribution in [2.24, 2.45) is 10.7 Å². The van der Waals surface area contributed by atoms with E-state index in [1.165, 1.54) is 30.2 Å². The van der Waals surface area contributed by atoms with E-state index in [0.29, 0.717) is 45.5 Å². The normalized spacial score (nSPS) is 18.6. The van der Waals surface area contributed by atoms with E-state index in [2.05, 4.69) is 15.0 Å². The number of pyridine rings is 3. The van der Waals surface area contributed by atoms with Crippen molar-refractivity contribution in [3.63, 3.8) is 0 Å². The minimum Gasteiger partial charge on any atom is -0.455 e. The fourth-order valence-electron chi connectivity index (χ4n) is 4.51. The predicted octanol–water partition coefficient (Wildman–Crippen LogP) is 5.28. The summed E-state index contributed by atoms with van der Waals surface area (Å²) in [6, 6.07) is 13.7. The number of benzene rings is 1. The predicted molar refractivity (Wildman–Crippen MR) is 127 cm³/mol. The van der Waals surface area contributed by atoms with E-state index in [9.17, 15) is 8.78 Å². The molecule has 0 fully saturated rings. The number of hydrogen-bond acceptors (Lipinski definition) is 7. The Morgan fingerprint density at radius 1 is 0.912 bits per heavy atom. The first-order valence-corrected chi connectivity index (χ1v) is 11.6. The summed E-state index contributed by atoms with van der Waals surface area (Å²) in [5, 5.41) is 0.455. The fourth-order valence-corrected chi connectivity index (χ4v) is 5.34. The Morgan fingerprint density at radius 3 is 2.62 bits per heavy atom. The van der Waals surface area contributed by atoms with Crippen molar-refractivity contribution >= 4 is 16.9 Å². The molecule has 2 N–H and O–H groups in total. The summed E-state index contributed by atoms with van der Waals surface area (Å²) in [6.45, 7) is 0. The van der Waals surface area contributed by atoms with Gasteiger partial charge in [0, 0.05) is 46.5 Å². The maximum atomic E-state index is 14.5. The molecule has 5 heterocycles. The summed E-state index contributed by atoms with van der Waals surface area (Å²) < 4.78 is 34.5. The summed E-state index contributed by atoms with van der Waals surface area (Å²) in [4.78, 5) is 16.8. The molecule has 0 saturated carbocycles. The van der Waals surface area contributed by atoms with Gasteiger partial charge < -0.3 is 10.5 Å². The van der Waals surface area contributed by atoms with Gasteiger partial charge in [-0.05, 0) is 48.4 Å². The molecular weight excluding hydrogens is 456 g/mol. The lowest BCUT2D eigenvalue weighted by Crippen LogP contribution is -2.35. The van der Waals surface area contributed by atoms with Crippen molar-refractivity contribution in [2.75, 3.05) is 5.75 Å². The van der Waals surface area contributed by atoms with Crippen LogP contribution in [0, 0.1) is 11.9 Å². The zero-order chi connectivity index (χ0) is 23.3. The highest BCUT2D eigenvalue weighted by atomic mass is 32.2. The van der Waals surface area contributed by atoms with E-state index in [4.69, 9.17) is 15.5 Å². The molecular formula is C25H17F2N5OS. The standard InChI is InChI=1S/C25H17F2N5OS/c26-22-11-15(5-8-29-22)19-12-18-21(13-31-19)33-20-4-3-14(16-2-1-7-30-23(16)27)10-17(20)25(18)6-9-34-24(28)32-25/h1-5,7-8,10-13H,6,9H2,(H2,28,32)/t25-/m0/s1. The van der Waals surface area contributed by atoms with Crippen LogP contribution in [0.25, 0.3) is 22.4 Å². The quantitative estimate of drug-likeness (QED) is 0.399. The molecule has 1 aromatic carbocycles. The highest BCUT2D eigenvalue weighted by Crippen LogP contribution is 2.54. The van der Waals surface area contributed by atoms with Gasteiger partial charge in [0.05, 0.1) is 11.9 Å². The Morgan fingerprint density at radius 2 is 1.79 bits per heavy atom. The number of fused-ring (bicyclic) bond motifs is 4. The van der Waals surface area contributed by atoms with Gasteiger partial charge >= 0.3 is 0 Å². The Balaban J connectivity index is 1.58. The summed E-state index contributed by atoms with van der Waals surface area (Å²) >= 11 is 1.48. The van der Waals surface area contributed by atoms with Crippen LogP contribution >= 0.6 is 11.8 Å². The van der Waals surface area contributed by atoms with Crippen LogP contribution in [0.1, 0.15) is 17.5 Å². The minimum absolute atomic E-state index is 0.385. The van der Waals surface area contributed by atoms with Crippen LogP contribution in [0.5, 0.6) is 11.5 Å². The molecule has 0 unspecified atom stereocenters. The van der Waals surface area contributed by atoms with Crippen LogP contribution in [0.4, 0.5) is 8.78 Å². The van der Waals surface area contributed by atoms with Gasteiger partial charge in [-0.1, -0.05) is 17.8 Å². The van der Waals surface area contributed by atoms with Crippen LogP contribution in [-0.4, -0.2) is 25.9 Å². The number of halogens is 2. The van der Waals surface area contributed by atoms with Crippen LogP contribution in [0.15, 0.2) is 72.1 Å². The van der Waals surface area contributed by atoms with Crippen LogP contribution in [0.2, 0.25) is 0 Å². The Labute approximate surface area is 198 Å². The molecule has 1 atom stereocenters. The monoisotopic (exact) mass is 473 g/mol. The zero-order valence-corrected chi connectivity index (χ0v) is 18.5. The topological polar surface area (TPSA) is 86.3 Å². The molecule has 9 heteroatoms. The van der Waals surface area contributed by atoms with Crippen molar-refractivity contribution in [3.05, 3.63) is 90.1 Å². The lowest BCUT2D eigenvalue weighted by molar-refractivity contribution is 0.390. The van der Waals surface area contributed by atoms with E-state index in [1.807, 2.05) is 12.1 Å². The molecule has 2 aliphatic rings. The van der Waals surface area contributed by atoms with E-state index in [0.717, 1.165) is 16.9 Å². The third kappa shape index (κ3) is 3.31. The molecule has 3 aromatic heterocycles. The second-order valence-electron chi connectivity index (χ2n) is 8.00. The van der Waals surface area contributed by atoms with Gasteiger partial charge in [-0.25, -0.2) is 15.0 Å². The average molecular weight is 474 g/mol. The van der Waals surface area contributed by atoms with Gasteiger partial charge in [-0.3, -0.25) is 4.98 Å². The second-order valence-corrected chi connectivity index (χ2v) is 9.11. The largest absolute Gasteiger partial charge is 0.455 e. The lowest BCUT2D eigenvalue weighted by atomic mass is 9.77. The average Bonchev–Trinajstić information content (AvgIpc) is 2.84. The number of nitrogens with zero attached hydrogens (tertiary/aromatic N) is 4. The summed E-state index contributed by atoms with van der Waals surface area (Å²) in [5.41, 5.74) is 9.12. The maximum Gasteiger partial charge on any atom is 0.220 e. The number of rotatable bonds is 2. The summed E-state index contributed by atoms with van der Waals surface area (Å²) in [6.07, 6.45) is 5.08. The number of aromatic nitrogens is 3. The molecule has 1 spiro atoms. The Hall–Kier alpha value is -3.85. The maximum absolute atomic E-state index is 14.5. The van der Waals surface area contributed by atoms with E-state index < -0.39 is 17.4 Å². The molecule has 0 amide bonds. The number of ether oxygens (including phenoxy) is 1. The van der Waals surface area contributed by atoms with Crippen molar-refractivity contribution in [2.45, 2.75) is 12.0 Å². The highest BCUT2D eigenvalue weighted by molar-refractivity contribution is 8.13. The van der Waals surface area contributed by atoms with Gasteiger partial charge in [0.1, 0.15) is 11.3 Å². The number of aliphatic imine (C=N–C) groups is 1. The summed E-state index contributed by atoms with van der Waals surface area (Å²) in [5.74, 6) is 0.749. The molecule has 0 radical (unpaired) electrons. The number of thioether (sulfide) groups is 1. The number of amidine groups is 1. The number of nitrogens with two attached hydrogens (primary N) is 1. The first-order valence-electron chi connectivity index (χ1n) is 10.6. The Kier molecular flexibility index (Phi) is 4.80. The molecule has 2 aliphatic heterocycles. The molecule has 168 valence electrons. The SMILES string of the molecule is NC1=N[C@@]2(CCS1)c1cc(-c3cccnc3F)ccc1Oc1cnc(-c3ccnc(F)c3)cc12. The smallest absolute Gasteiger partial charge is 0.220 e. The van der Waals surface area contributed by atoms with E-state index in [1.54, 1.807) is 36.5 Å². The molecule has 6 rings (SSSR count). The molecule has 34 heavy (non-hydrogen) atoms. The van der Waals surface area contributed by atoms with E-state index in [-0.39, 0.29) is 0 Å². The van der Waals surface area contributed by atoms with Gasteiger partial charge in [0.25, 0.3) is 0 Å². The molecule has 4 aromatic rings. The van der Waals surface area contributed by atoms with Crippen LogP contribution < -0.4 is 10.5 Å². The molecule has 0 bridgehead atoms.